The van der Waals surface area contributed by atoms with Crippen molar-refractivity contribution in [3.63, 3.8) is 0 Å². The Kier molecular flexibility index (Phi) is 3.37. The molecule has 1 fully saturated rings. The van der Waals surface area contributed by atoms with Gasteiger partial charge >= 0.3 is 0 Å². The summed E-state index contributed by atoms with van der Waals surface area (Å²) in [6.07, 6.45) is 2.54. The smallest absolute Gasteiger partial charge is 0.111 e. The molecule has 0 saturated carbocycles. The van der Waals surface area contributed by atoms with Gasteiger partial charge in [-0.25, -0.2) is 0 Å². The summed E-state index contributed by atoms with van der Waals surface area (Å²) >= 11 is 0. The summed E-state index contributed by atoms with van der Waals surface area (Å²) in [5, 5.41) is 6.67. The fraction of sp³-hybridized carbons (Fsp3) is 0.900. The summed E-state index contributed by atoms with van der Waals surface area (Å²) in [5.41, 5.74) is 0. The first-order valence-electron chi connectivity index (χ1n) is 5.55. The molecule has 4 nitrogen and oxygen atoms in total. The molecule has 4 heteroatoms. The first-order chi connectivity index (χ1) is 6.88. The van der Waals surface area contributed by atoms with Crippen LogP contribution in [0, 0.1) is 0 Å². The minimum Gasteiger partial charge on any atom is -0.371 e. The average molecular weight is 196 g/mol. The van der Waals surface area contributed by atoms with Crippen molar-refractivity contribution in [3.8, 4) is 0 Å². The number of nitrogens with zero attached hydrogens (tertiary/aromatic N) is 2. The fourth-order valence-corrected chi connectivity index (χ4v) is 2.14. The standard InChI is InChI=1S/C10H20N4/c1-11-9-2-6-14(7-3-9)8-10-12-4-5-13-10/h9,11H,2-8H2,1H3,(H,12,13). The van der Waals surface area contributed by atoms with E-state index in [1.165, 1.54) is 31.8 Å². The number of hydrogen-bond donors (Lipinski definition) is 2. The van der Waals surface area contributed by atoms with Crippen molar-refractivity contribution >= 4 is 5.84 Å². The summed E-state index contributed by atoms with van der Waals surface area (Å²) < 4.78 is 0. The van der Waals surface area contributed by atoms with E-state index in [0.717, 1.165) is 25.7 Å². The van der Waals surface area contributed by atoms with Crippen molar-refractivity contribution in [2.45, 2.75) is 18.9 Å². The number of piperidine rings is 1. The van der Waals surface area contributed by atoms with Crippen LogP contribution < -0.4 is 10.6 Å². The van der Waals surface area contributed by atoms with Crippen LogP contribution in [0.25, 0.3) is 0 Å². The van der Waals surface area contributed by atoms with Crippen LogP contribution in [-0.2, 0) is 0 Å². The van der Waals surface area contributed by atoms with Crippen LogP contribution in [0.2, 0.25) is 0 Å². The lowest BCUT2D eigenvalue weighted by Crippen LogP contribution is -2.44. The second-order valence-corrected chi connectivity index (χ2v) is 4.09. The zero-order valence-electron chi connectivity index (χ0n) is 8.92. The van der Waals surface area contributed by atoms with Gasteiger partial charge in [-0.2, -0.15) is 0 Å². The first kappa shape index (κ1) is 9.93. The van der Waals surface area contributed by atoms with Gasteiger partial charge in [0.05, 0.1) is 13.1 Å². The summed E-state index contributed by atoms with van der Waals surface area (Å²) in [4.78, 5) is 6.91. The van der Waals surface area contributed by atoms with Crippen LogP contribution in [0.5, 0.6) is 0 Å². The molecule has 0 aromatic heterocycles. The van der Waals surface area contributed by atoms with E-state index in [2.05, 4.69) is 27.6 Å². The Morgan fingerprint density at radius 1 is 1.50 bits per heavy atom. The van der Waals surface area contributed by atoms with Gasteiger partial charge in [-0.3, -0.25) is 9.89 Å². The van der Waals surface area contributed by atoms with Crippen LogP contribution in [0.15, 0.2) is 4.99 Å². The van der Waals surface area contributed by atoms with Crippen molar-refractivity contribution in [3.05, 3.63) is 0 Å². The molecule has 80 valence electrons. The first-order valence-corrected chi connectivity index (χ1v) is 5.55. The van der Waals surface area contributed by atoms with E-state index >= 15 is 0 Å². The number of amidine groups is 1. The zero-order chi connectivity index (χ0) is 9.80. The second kappa shape index (κ2) is 4.75. The molecule has 1 saturated heterocycles. The van der Waals surface area contributed by atoms with Gasteiger partial charge < -0.3 is 10.6 Å². The quantitative estimate of drug-likeness (QED) is 0.649. The molecule has 2 heterocycles. The van der Waals surface area contributed by atoms with Gasteiger partial charge in [0.2, 0.25) is 0 Å². The molecule has 0 aliphatic carbocycles. The predicted molar refractivity (Wildman–Crippen MR) is 58.8 cm³/mol. The molecule has 2 rings (SSSR count). The van der Waals surface area contributed by atoms with E-state index < -0.39 is 0 Å². The Morgan fingerprint density at radius 3 is 2.86 bits per heavy atom. The molecule has 2 aliphatic heterocycles. The third-order valence-electron chi connectivity index (χ3n) is 3.11. The highest BCUT2D eigenvalue weighted by Crippen LogP contribution is 2.09. The van der Waals surface area contributed by atoms with Gasteiger partial charge in [-0.1, -0.05) is 0 Å². The van der Waals surface area contributed by atoms with Crippen LogP contribution in [-0.4, -0.2) is 56.5 Å². The van der Waals surface area contributed by atoms with Gasteiger partial charge in [0.15, 0.2) is 0 Å². The molecule has 0 spiro atoms. The topological polar surface area (TPSA) is 39.7 Å². The van der Waals surface area contributed by atoms with Crippen LogP contribution in [0.4, 0.5) is 0 Å². The highest BCUT2D eigenvalue weighted by atomic mass is 15.2. The molecule has 2 N–H and O–H groups in total. The Morgan fingerprint density at radius 2 is 2.29 bits per heavy atom. The summed E-state index contributed by atoms with van der Waals surface area (Å²) in [6, 6.07) is 0.727. The number of likely N-dealkylation sites (tertiary alicyclic amines) is 1. The lowest BCUT2D eigenvalue weighted by atomic mass is 10.1. The summed E-state index contributed by atoms with van der Waals surface area (Å²) in [5.74, 6) is 1.19. The SMILES string of the molecule is CNC1CCN(CC2=NCCN2)CC1. The van der Waals surface area contributed by atoms with E-state index in [1.807, 2.05) is 0 Å². The third-order valence-corrected chi connectivity index (χ3v) is 3.11. The maximum atomic E-state index is 4.42. The van der Waals surface area contributed by atoms with Crippen molar-refractivity contribution in [1.29, 1.82) is 0 Å². The fourth-order valence-electron chi connectivity index (χ4n) is 2.14. The molecule has 0 aromatic rings. The normalized spacial score (nSPS) is 24.8. The van der Waals surface area contributed by atoms with E-state index in [9.17, 15) is 0 Å². The van der Waals surface area contributed by atoms with E-state index in [1.54, 1.807) is 0 Å². The van der Waals surface area contributed by atoms with Crippen molar-refractivity contribution in [2.24, 2.45) is 4.99 Å². The highest BCUT2D eigenvalue weighted by molar-refractivity contribution is 5.85. The highest BCUT2D eigenvalue weighted by Gasteiger charge is 2.19. The molecule has 2 aliphatic rings. The van der Waals surface area contributed by atoms with Gasteiger partial charge in [-0.05, 0) is 19.9 Å². The number of nitrogens with one attached hydrogen (secondary N) is 2. The number of hydrogen-bond acceptors (Lipinski definition) is 4. The maximum absolute atomic E-state index is 4.42. The number of aliphatic imine (C=N–C) groups is 1. The molecule has 0 atom stereocenters. The molecular formula is C10H20N4. The number of rotatable bonds is 3. The van der Waals surface area contributed by atoms with Crippen molar-refractivity contribution in [2.75, 3.05) is 39.8 Å². The molecule has 0 unspecified atom stereocenters. The van der Waals surface area contributed by atoms with Gasteiger partial charge in [0, 0.05) is 25.7 Å². The van der Waals surface area contributed by atoms with Crippen molar-refractivity contribution in [1.82, 2.24) is 15.5 Å². The molecular weight excluding hydrogens is 176 g/mol. The molecule has 0 aromatic carbocycles. The van der Waals surface area contributed by atoms with E-state index in [4.69, 9.17) is 0 Å². The molecule has 0 amide bonds. The second-order valence-electron chi connectivity index (χ2n) is 4.09. The minimum atomic E-state index is 0.727. The van der Waals surface area contributed by atoms with Gasteiger partial charge in [0.1, 0.15) is 5.84 Å². The largest absolute Gasteiger partial charge is 0.371 e. The summed E-state index contributed by atoms with van der Waals surface area (Å²) in [7, 11) is 2.06. The Balaban J connectivity index is 1.72. The maximum Gasteiger partial charge on any atom is 0.111 e. The Labute approximate surface area is 85.8 Å². The van der Waals surface area contributed by atoms with E-state index in [0.29, 0.717) is 0 Å². The lowest BCUT2D eigenvalue weighted by Gasteiger charge is -2.31. The summed E-state index contributed by atoms with van der Waals surface area (Å²) in [6.45, 7) is 5.42. The molecule has 14 heavy (non-hydrogen) atoms. The van der Waals surface area contributed by atoms with Crippen molar-refractivity contribution < 1.29 is 0 Å². The third kappa shape index (κ3) is 2.45. The monoisotopic (exact) mass is 196 g/mol. The molecule has 0 radical (unpaired) electrons. The van der Waals surface area contributed by atoms with Crippen LogP contribution >= 0.6 is 0 Å². The van der Waals surface area contributed by atoms with Gasteiger partial charge in [0.25, 0.3) is 0 Å². The minimum absolute atomic E-state index is 0.727. The molecule has 0 bridgehead atoms. The van der Waals surface area contributed by atoms with Crippen LogP contribution in [0.1, 0.15) is 12.8 Å². The Hall–Kier alpha value is -0.610. The van der Waals surface area contributed by atoms with Gasteiger partial charge in [-0.15, -0.1) is 0 Å². The lowest BCUT2D eigenvalue weighted by molar-refractivity contribution is 0.225. The Bertz CT molecular complexity index is 206. The van der Waals surface area contributed by atoms with E-state index in [-0.39, 0.29) is 0 Å². The zero-order valence-corrected chi connectivity index (χ0v) is 8.92. The average Bonchev–Trinajstić information content (AvgIpc) is 2.72. The van der Waals surface area contributed by atoms with Crippen LogP contribution in [0.3, 0.4) is 0 Å². The predicted octanol–water partition coefficient (Wildman–Crippen LogP) is -0.328.